The van der Waals surface area contributed by atoms with Gasteiger partial charge in [0.05, 0.1) is 32.3 Å². The number of halogens is 4. The molecule has 0 unspecified atom stereocenters. The molecule has 9 heteroatoms. The quantitative estimate of drug-likeness (QED) is 0.609. The summed E-state index contributed by atoms with van der Waals surface area (Å²) in [5.74, 6) is -1.48. The van der Waals surface area contributed by atoms with E-state index in [1.54, 1.807) is 0 Å². The average Bonchev–Trinajstić information content (AvgIpc) is 2.69. The van der Waals surface area contributed by atoms with Crippen molar-refractivity contribution in [1.29, 1.82) is 0 Å². The van der Waals surface area contributed by atoms with E-state index in [2.05, 4.69) is 11.7 Å². The predicted molar refractivity (Wildman–Crippen MR) is 94.7 cm³/mol. The van der Waals surface area contributed by atoms with Crippen LogP contribution in [0.1, 0.15) is 31.7 Å². The van der Waals surface area contributed by atoms with Gasteiger partial charge in [0, 0.05) is 12.3 Å². The van der Waals surface area contributed by atoms with Gasteiger partial charge in [-0.25, -0.2) is 4.39 Å². The van der Waals surface area contributed by atoms with Gasteiger partial charge in [-0.15, -0.1) is 13.2 Å². The second kappa shape index (κ2) is 10.1. The highest BCUT2D eigenvalue weighted by molar-refractivity contribution is 5.29. The van der Waals surface area contributed by atoms with Gasteiger partial charge in [-0.1, -0.05) is 19.4 Å². The lowest BCUT2D eigenvalue weighted by molar-refractivity contribution is -0.281. The SMILES string of the molecule is CCCC1COC(C2COC(CCc3ccc(OC(F)(F)F)c(F)c3)OC2)OC1. The molecule has 0 spiro atoms. The molecular weight excluding hydrogens is 396 g/mol. The molecular formula is C20H26F4O5. The molecule has 0 N–H and O–H groups in total. The molecule has 0 bridgehead atoms. The zero-order valence-electron chi connectivity index (χ0n) is 16.3. The fourth-order valence-corrected chi connectivity index (χ4v) is 3.48. The third kappa shape index (κ3) is 6.80. The van der Waals surface area contributed by atoms with Crippen LogP contribution in [-0.4, -0.2) is 45.4 Å². The van der Waals surface area contributed by atoms with Gasteiger partial charge in [0.25, 0.3) is 0 Å². The molecule has 2 fully saturated rings. The monoisotopic (exact) mass is 422 g/mol. The summed E-state index contributed by atoms with van der Waals surface area (Å²) in [6.07, 6.45) is -2.69. The minimum absolute atomic E-state index is 0.00919. The number of hydrogen-bond acceptors (Lipinski definition) is 5. The van der Waals surface area contributed by atoms with E-state index in [1.165, 1.54) is 6.07 Å². The molecule has 0 radical (unpaired) electrons. The number of aryl methyl sites for hydroxylation is 1. The van der Waals surface area contributed by atoms with Crippen molar-refractivity contribution in [3.05, 3.63) is 29.6 Å². The highest BCUT2D eigenvalue weighted by Gasteiger charge is 2.34. The Morgan fingerprint density at radius 3 is 2.28 bits per heavy atom. The first-order valence-electron chi connectivity index (χ1n) is 9.84. The van der Waals surface area contributed by atoms with Gasteiger partial charge in [-0.3, -0.25) is 0 Å². The van der Waals surface area contributed by atoms with Crippen molar-refractivity contribution in [3.8, 4) is 5.75 Å². The number of alkyl halides is 3. The van der Waals surface area contributed by atoms with Crippen LogP contribution in [0.15, 0.2) is 18.2 Å². The van der Waals surface area contributed by atoms with Crippen molar-refractivity contribution < 1.29 is 41.2 Å². The Kier molecular flexibility index (Phi) is 7.72. The molecule has 0 amide bonds. The highest BCUT2D eigenvalue weighted by atomic mass is 19.4. The van der Waals surface area contributed by atoms with Crippen molar-refractivity contribution in [3.63, 3.8) is 0 Å². The van der Waals surface area contributed by atoms with Crippen LogP contribution in [0.2, 0.25) is 0 Å². The molecule has 2 aliphatic rings. The van der Waals surface area contributed by atoms with Gasteiger partial charge < -0.3 is 23.7 Å². The van der Waals surface area contributed by atoms with E-state index in [-0.39, 0.29) is 12.2 Å². The van der Waals surface area contributed by atoms with Crippen molar-refractivity contribution in [2.75, 3.05) is 26.4 Å². The fourth-order valence-electron chi connectivity index (χ4n) is 3.48. The summed E-state index contributed by atoms with van der Waals surface area (Å²) in [6.45, 7) is 4.35. The Morgan fingerprint density at radius 1 is 1.00 bits per heavy atom. The Labute approximate surface area is 167 Å². The van der Waals surface area contributed by atoms with Crippen molar-refractivity contribution >= 4 is 0 Å². The van der Waals surface area contributed by atoms with Gasteiger partial charge in [-0.05, 0) is 30.5 Å². The molecule has 1 aromatic carbocycles. The van der Waals surface area contributed by atoms with E-state index in [0.717, 1.165) is 25.0 Å². The van der Waals surface area contributed by atoms with Crippen molar-refractivity contribution in [2.45, 2.75) is 51.5 Å². The zero-order chi connectivity index (χ0) is 20.9. The van der Waals surface area contributed by atoms with Gasteiger partial charge in [0.1, 0.15) is 0 Å². The lowest BCUT2D eigenvalue weighted by Crippen LogP contribution is -2.44. The van der Waals surface area contributed by atoms with Gasteiger partial charge >= 0.3 is 6.36 Å². The Bertz CT molecular complexity index is 638. The normalized spacial score (nSPS) is 28.3. The molecule has 3 rings (SSSR count). The van der Waals surface area contributed by atoms with Crippen molar-refractivity contribution in [2.24, 2.45) is 11.8 Å². The molecule has 2 saturated heterocycles. The lowest BCUT2D eigenvalue weighted by atomic mass is 10.0. The largest absolute Gasteiger partial charge is 0.573 e. The summed E-state index contributed by atoms with van der Waals surface area (Å²) >= 11 is 0. The molecule has 5 nitrogen and oxygen atoms in total. The van der Waals surface area contributed by atoms with E-state index < -0.39 is 24.2 Å². The van der Waals surface area contributed by atoms with Crippen LogP contribution >= 0.6 is 0 Å². The molecule has 29 heavy (non-hydrogen) atoms. The molecule has 0 aromatic heterocycles. The summed E-state index contributed by atoms with van der Waals surface area (Å²) in [5, 5.41) is 0. The van der Waals surface area contributed by atoms with Crippen LogP contribution in [0.5, 0.6) is 5.75 Å². The number of hydrogen-bond donors (Lipinski definition) is 0. The summed E-state index contributed by atoms with van der Waals surface area (Å²) in [6, 6.07) is 3.40. The molecule has 0 saturated carbocycles. The van der Waals surface area contributed by atoms with Gasteiger partial charge in [0.15, 0.2) is 24.1 Å². The Morgan fingerprint density at radius 2 is 1.69 bits per heavy atom. The first kappa shape index (κ1) is 22.3. The molecule has 164 valence electrons. The zero-order valence-corrected chi connectivity index (χ0v) is 16.3. The third-order valence-electron chi connectivity index (χ3n) is 4.96. The second-order valence-corrected chi connectivity index (χ2v) is 7.40. The molecule has 0 atom stereocenters. The van der Waals surface area contributed by atoms with Crippen molar-refractivity contribution in [1.82, 2.24) is 0 Å². The molecule has 2 heterocycles. The summed E-state index contributed by atoms with van der Waals surface area (Å²) < 4.78 is 77.0. The van der Waals surface area contributed by atoms with Crippen LogP contribution in [0.25, 0.3) is 0 Å². The van der Waals surface area contributed by atoms with Gasteiger partial charge in [-0.2, -0.15) is 0 Å². The summed E-state index contributed by atoms with van der Waals surface area (Å²) in [4.78, 5) is 0. The van der Waals surface area contributed by atoms with E-state index in [4.69, 9.17) is 18.9 Å². The summed E-state index contributed by atoms with van der Waals surface area (Å²) in [5.41, 5.74) is 0.535. The first-order valence-corrected chi connectivity index (χ1v) is 9.84. The third-order valence-corrected chi connectivity index (χ3v) is 4.96. The van der Waals surface area contributed by atoms with Crippen LogP contribution < -0.4 is 4.74 Å². The number of benzene rings is 1. The molecule has 0 aliphatic carbocycles. The van der Waals surface area contributed by atoms with Gasteiger partial charge in [0.2, 0.25) is 0 Å². The van der Waals surface area contributed by atoms with Crippen LogP contribution in [0.3, 0.4) is 0 Å². The minimum Gasteiger partial charge on any atom is -0.403 e. The molecule has 1 aromatic rings. The second-order valence-electron chi connectivity index (χ2n) is 7.40. The maximum atomic E-state index is 13.8. The Balaban J connectivity index is 1.40. The highest BCUT2D eigenvalue weighted by Crippen LogP contribution is 2.28. The van der Waals surface area contributed by atoms with Crippen LogP contribution in [-0.2, 0) is 25.4 Å². The van der Waals surface area contributed by atoms with Crippen LogP contribution in [0.4, 0.5) is 17.6 Å². The summed E-state index contributed by atoms with van der Waals surface area (Å²) in [7, 11) is 0. The van der Waals surface area contributed by atoms with E-state index in [1.807, 2.05) is 0 Å². The van der Waals surface area contributed by atoms with E-state index in [0.29, 0.717) is 50.8 Å². The standard InChI is InChI=1S/C20H26F4O5/c1-2-3-14-9-27-19(28-10-14)15-11-25-18(26-12-15)7-5-13-4-6-17(16(21)8-13)29-20(22,23)24/h4,6,8,14-15,18-19H,2-3,5,7,9-12H2,1H3. The fraction of sp³-hybridized carbons (Fsp3) is 0.700. The number of ether oxygens (including phenoxy) is 5. The maximum Gasteiger partial charge on any atom is 0.573 e. The lowest BCUT2D eigenvalue weighted by Gasteiger charge is -2.37. The predicted octanol–water partition coefficient (Wildman–Crippen LogP) is 4.44. The molecule has 2 aliphatic heterocycles. The smallest absolute Gasteiger partial charge is 0.403 e. The van der Waals surface area contributed by atoms with E-state index >= 15 is 0 Å². The van der Waals surface area contributed by atoms with E-state index in [9.17, 15) is 17.6 Å². The number of rotatable bonds is 7. The first-order chi connectivity index (χ1) is 13.8. The topological polar surface area (TPSA) is 46.2 Å². The minimum atomic E-state index is -4.93. The maximum absolute atomic E-state index is 13.8. The van der Waals surface area contributed by atoms with Crippen LogP contribution in [0, 0.1) is 17.7 Å². The average molecular weight is 422 g/mol. The Hall–Kier alpha value is -1.42.